The summed E-state index contributed by atoms with van der Waals surface area (Å²) in [7, 11) is 0. The molecule has 34 heavy (non-hydrogen) atoms. The summed E-state index contributed by atoms with van der Waals surface area (Å²) in [6.45, 7) is 5.15. The molecule has 0 aliphatic carbocycles. The van der Waals surface area contributed by atoms with E-state index in [4.69, 9.17) is 4.74 Å². The average molecular weight is 467 g/mol. The number of pyridine rings is 1. The Balaban J connectivity index is 1.16. The van der Waals surface area contributed by atoms with Crippen LogP contribution in [-0.4, -0.2) is 72.5 Å². The number of fused-ring (bicyclic) bond motifs is 1. The first-order chi connectivity index (χ1) is 16.6. The van der Waals surface area contributed by atoms with Gasteiger partial charge in [0.2, 0.25) is 11.9 Å². The van der Waals surface area contributed by atoms with Crippen LogP contribution in [0.4, 0.5) is 4.39 Å². The lowest BCUT2D eigenvalue weighted by Gasteiger charge is -2.25. The maximum Gasteiger partial charge on any atom is 0.258 e. The summed E-state index contributed by atoms with van der Waals surface area (Å²) in [4.78, 5) is 33.3. The second-order valence-corrected chi connectivity index (χ2v) is 9.65. The SMILES string of the molecule is O=C(N[C@@H](CCN1CC2CN(C(=O)c3cccnc3F)CC2C1)c1ccccc1)C1CCOC1. The number of ether oxygens (including phenoxy) is 1. The molecule has 0 spiro atoms. The third-order valence-corrected chi connectivity index (χ3v) is 7.39. The molecular weight excluding hydrogens is 435 g/mol. The number of likely N-dealkylation sites (tertiary alicyclic amines) is 2. The number of amides is 2. The summed E-state index contributed by atoms with van der Waals surface area (Å²) < 4.78 is 19.3. The minimum absolute atomic E-state index is 0.0404. The van der Waals surface area contributed by atoms with Gasteiger partial charge >= 0.3 is 0 Å². The van der Waals surface area contributed by atoms with E-state index in [1.807, 2.05) is 18.2 Å². The van der Waals surface area contributed by atoms with Crippen LogP contribution in [0.1, 0.15) is 34.8 Å². The fourth-order valence-corrected chi connectivity index (χ4v) is 5.50. The van der Waals surface area contributed by atoms with Crippen molar-refractivity contribution in [2.75, 3.05) is 45.9 Å². The van der Waals surface area contributed by atoms with E-state index in [-0.39, 0.29) is 29.3 Å². The molecule has 0 saturated carbocycles. The number of halogens is 1. The molecular formula is C26H31FN4O3. The molecule has 4 heterocycles. The van der Waals surface area contributed by atoms with Crippen LogP contribution in [0.5, 0.6) is 0 Å². The Morgan fingerprint density at radius 2 is 1.85 bits per heavy atom. The van der Waals surface area contributed by atoms with Crippen molar-refractivity contribution < 1.29 is 18.7 Å². The van der Waals surface area contributed by atoms with Crippen molar-refractivity contribution in [3.05, 3.63) is 65.7 Å². The molecule has 1 N–H and O–H groups in total. The zero-order chi connectivity index (χ0) is 23.5. The van der Waals surface area contributed by atoms with E-state index in [1.165, 1.54) is 12.3 Å². The highest BCUT2D eigenvalue weighted by molar-refractivity contribution is 5.94. The van der Waals surface area contributed by atoms with Crippen molar-refractivity contribution in [1.82, 2.24) is 20.1 Å². The molecule has 180 valence electrons. The van der Waals surface area contributed by atoms with Crippen molar-refractivity contribution >= 4 is 11.8 Å². The number of carbonyl (C=O) groups is 2. The number of rotatable bonds is 7. The Bertz CT molecular complexity index is 1000. The maximum absolute atomic E-state index is 13.9. The molecule has 4 atom stereocenters. The lowest BCUT2D eigenvalue weighted by Crippen LogP contribution is -2.37. The Morgan fingerprint density at radius 3 is 2.53 bits per heavy atom. The summed E-state index contributed by atoms with van der Waals surface area (Å²) in [6, 6.07) is 13.2. The van der Waals surface area contributed by atoms with Crippen LogP contribution >= 0.6 is 0 Å². The molecule has 2 amide bonds. The summed E-state index contributed by atoms with van der Waals surface area (Å²) in [6.07, 6.45) is 2.96. The minimum atomic E-state index is -0.704. The molecule has 3 unspecified atom stereocenters. The fraction of sp³-hybridized carbons (Fsp3) is 0.500. The van der Waals surface area contributed by atoms with Gasteiger partial charge in [0.15, 0.2) is 0 Å². The first-order valence-electron chi connectivity index (χ1n) is 12.1. The van der Waals surface area contributed by atoms with E-state index < -0.39 is 5.95 Å². The Hall–Kier alpha value is -2.84. The number of benzene rings is 1. The van der Waals surface area contributed by atoms with Crippen LogP contribution in [0.2, 0.25) is 0 Å². The van der Waals surface area contributed by atoms with Crippen LogP contribution in [0.25, 0.3) is 0 Å². The van der Waals surface area contributed by atoms with Crippen molar-refractivity contribution in [3.8, 4) is 0 Å². The van der Waals surface area contributed by atoms with Crippen molar-refractivity contribution in [3.63, 3.8) is 0 Å². The van der Waals surface area contributed by atoms with E-state index in [1.54, 1.807) is 11.0 Å². The minimum Gasteiger partial charge on any atom is -0.381 e. The number of carbonyl (C=O) groups excluding carboxylic acids is 2. The zero-order valence-electron chi connectivity index (χ0n) is 19.2. The van der Waals surface area contributed by atoms with Gasteiger partial charge in [-0.2, -0.15) is 4.39 Å². The Kier molecular flexibility index (Phi) is 6.87. The van der Waals surface area contributed by atoms with Crippen LogP contribution in [-0.2, 0) is 9.53 Å². The first-order valence-corrected chi connectivity index (χ1v) is 12.1. The van der Waals surface area contributed by atoms with E-state index in [0.717, 1.165) is 38.0 Å². The van der Waals surface area contributed by atoms with Gasteiger partial charge in [-0.05, 0) is 42.4 Å². The number of aromatic nitrogens is 1. The van der Waals surface area contributed by atoms with Crippen molar-refractivity contribution in [1.29, 1.82) is 0 Å². The Labute approximate surface area is 199 Å². The van der Waals surface area contributed by atoms with Gasteiger partial charge in [0.25, 0.3) is 5.91 Å². The van der Waals surface area contributed by atoms with Crippen molar-refractivity contribution in [2.45, 2.75) is 18.9 Å². The number of nitrogens with one attached hydrogen (secondary N) is 1. The molecule has 3 fully saturated rings. The van der Waals surface area contributed by atoms with Gasteiger partial charge in [0.05, 0.1) is 24.1 Å². The quantitative estimate of drug-likeness (QED) is 0.635. The molecule has 3 aliphatic rings. The summed E-state index contributed by atoms with van der Waals surface area (Å²) >= 11 is 0. The first kappa shape index (κ1) is 22.9. The highest BCUT2D eigenvalue weighted by Gasteiger charge is 2.42. The van der Waals surface area contributed by atoms with E-state index in [9.17, 15) is 14.0 Å². The maximum atomic E-state index is 13.9. The van der Waals surface area contributed by atoms with Crippen molar-refractivity contribution in [2.24, 2.45) is 17.8 Å². The highest BCUT2D eigenvalue weighted by Crippen LogP contribution is 2.33. The van der Waals surface area contributed by atoms with Gasteiger partial charge in [-0.15, -0.1) is 0 Å². The lowest BCUT2D eigenvalue weighted by atomic mass is 10.0. The van der Waals surface area contributed by atoms with Gasteiger partial charge in [-0.25, -0.2) is 4.98 Å². The topological polar surface area (TPSA) is 74.8 Å². The van der Waals surface area contributed by atoms with Crippen LogP contribution in [0, 0.1) is 23.7 Å². The van der Waals surface area contributed by atoms with Gasteiger partial charge in [-0.1, -0.05) is 30.3 Å². The summed E-state index contributed by atoms with van der Waals surface area (Å²) in [5.74, 6) is -0.182. The third-order valence-electron chi connectivity index (χ3n) is 7.39. The molecule has 2 aromatic rings. The third kappa shape index (κ3) is 4.98. The van der Waals surface area contributed by atoms with Gasteiger partial charge in [0, 0.05) is 45.5 Å². The normalized spacial score (nSPS) is 25.3. The van der Waals surface area contributed by atoms with Gasteiger partial charge < -0.3 is 19.9 Å². The van der Waals surface area contributed by atoms with E-state index in [0.29, 0.717) is 38.1 Å². The summed E-state index contributed by atoms with van der Waals surface area (Å²) in [5.41, 5.74) is 1.16. The number of nitrogens with zero attached hydrogens (tertiary/aromatic N) is 3. The monoisotopic (exact) mass is 466 g/mol. The van der Waals surface area contributed by atoms with Gasteiger partial charge in [-0.3, -0.25) is 9.59 Å². The van der Waals surface area contributed by atoms with Crippen LogP contribution in [0.15, 0.2) is 48.7 Å². The average Bonchev–Trinajstić information content (AvgIpc) is 3.59. The predicted molar refractivity (Wildman–Crippen MR) is 124 cm³/mol. The molecule has 0 bridgehead atoms. The van der Waals surface area contributed by atoms with Gasteiger partial charge in [0.1, 0.15) is 0 Å². The summed E-state index contributed by atoms with van der Waals surface area (Å²) in [5, 5.41) is 3.26. The molecule has 3 saturated heterocycles. The Morgan fingerprint density at radius 1 is 1.09 bits per heavy atom. The largest absolute Gasteiger partial charge is 0.381 e. The number of hydrogen-bond donors (Lipinski definition) is 1. The molecule has 7 nitrogen and oxygen atoms in total. The molecule has 3 aliphatic heterocycles. The lowest BCUT2D eigenvalue weighted by molar-refractivity contribution is -0.125. The molecule has 1 aromatic carbocycles. The highest BCUT2D eigenvalue weighted by atomic mass is 19.1. The predicted octanol–water partition coefficient (Wildman–Crippen LogP) is 2.51. The molecule has 8 heteroatoms. The molecule has 0 radical (unpaired) electrons. The van der Waals surface area contributed by atoms with E-state index >= 15 is 0 Å². The standard InChI is InChI=1S/C26H31FN4O3/c27-24-22(7-4-10-28-24)26(33)31-15-20-13-30(14-21(20)16-31)11-8-23(18-5-2-1-3-6-18)29-25(32)19-9-12-34-17-19/h1-7,10,19-21,23H,8-9,11-17H2,(H,29,32)/t19?,20?,21?,23-/m0/s1. The molecule has 1 aromatic heterocycles. The van der Waals surface area contributed by atoms with Crippen LogP contribution in [0.3, 0.4) is 0 Å². The van der Waals surface area contributed by atoms with E-state index in [2.05, 4.69) is 27.3 Å². The second kappa shape index (κ2) is 10.2. The number of hydrogen-bond acceptors (Lipinski definition) is 5. The zero-order valence-corrected chi connectivity index (χ0v) is 19.2. The fourth-order valence-electron chi connectivity index (χ4n) is 5.50. The smallest absolute Gasteiger partial charge is 0.258 e. The second-order valence-electron chi connectivity index (χ2n) is 9.65. The molecule has 5 rings (SSSR count). The van der Waals surface area contributed by atoms with Crippen LogP contribution < -0.4 is 5.32 Å².